The van der Waals surface area contributed by atoms with Gasteiger partial charge in [0.1, 0.15) is 0 Å². The van der Waals surface area contributed by atoms with Crippen molar-refractivity contribution in [1.29, 1.82) is 0 Å². The maximum Gasteiger partial charge on any atom is 0.0934 e. The zero-order chi connectivity index (χ0) is 5.82. The first-order valence-electron chi connectivity index (χ1n) is 2.50. The quantitative estimate of drug-likeness (QED) is 0.628. The van der Waals surface area contributed by atoms with E-state index in [4.69, 9.17) is 4.42 Å². The van der Waals surface area contributed by atoms with E-state index in [1.165, 1.54) is 5.56 Å². The van der Waals surface area contributed by atoms with Crippen molar-refractivity contribution in [2.45, 2.75) is 6.42 Å². The summed E-state index contributed by atoms with van der Waals surface area (Å²) in [7, 11) is 0. The highest BCUT2D eigenvalue weighted by atomic mass is 79.9. The van der Waals surface area contributed by atoms with Crippen molar-refractivity contribution in [2.24, 2.45) is 0 Å². The summed E-state index contributed by atoms with van der Waals surface area (Å²) >= 11 is 3.33. The summed E-state index contributed by atoms with van der Waals surface area (Å²) in [5.41, 5.74) is 1.25. The highest BCUT2D eigenvalue weighted by molar-refractivity contribution is 9.09. The first kappa shape index (κ1) is 5.89. The van der Waals surface area contributed by atoms with E-state index in [-0.39, 0.29) is 0 Å². The number of hydrogen-bond acceptors (Lipinski definition) is 1. The lowest BCUT2D eigenvalue weighted by atomic mass is 10.3. The molecule has 0 aliphatic rings. The van der Waals surface area contributed by atoms with Crippen molar-refractivity contribution < 1.29 is 4.42 Å². The largest absolute Gasteiger partial charge is 0.472 e. The van der Waals surface area contributed by atoms with Gasteiger partial charge in [0.15, 0.2) is 0 Å². The minimum absolute atomic E-state index is 1.01. The number of hydrogen-bond donors (Lipinski definition) is 0. The van der Waals surface area contributed by atoms with Crippen molar-refractivity contribution in [3.05, 3.63) is 24.2 Å². The monoisotopic (exact) mass is 174 g/mol. The van der Waals surface area contributed by atoms with Crippen LogP contribution in [0.1, 0.15) is 5.56 Å². The molecular formula is C6H7BrO. The van der Waals surface area contributed by atoms with Gasteiger partial charge in [-0.1, -0.05) is 15.9 Å². The average molecular weight is 175 g/mol. The lowest BCUT2D eigenvalue weighted by Crippen LogP contribution is -1.78. The van der Waals surface area contributed by atoms with Gasteiger partial charge in [0.05, 0.1) is 12.5 Å². The minimum Gasteiger partial charge on any atom is -0.472 e. The third-order valence-corrected chi connectivity index (χ3v) is 1.36. The Balaban J connectivity index is 2.50. The molecule has 0 bridgehead atoms. The molecule has 0 saturated carbocycles. The number of alkyl halides is 1. The van der Waals surface area contributed by atoms with E-state index in [2.05, 4.69) is 15.9 Å². The van der Waals surface area contributed by atoms with E-state index in [0.717, 1.165) is 11.8 Å². The number of rotatable bonds is 2. The molecule has 0 fully saturated rings. The van der Waals surface area contributed by atoms with Gasteiger partial charge >= 0.3 is 0 Å². The molecule has 1 nitrogen and oxygen atoms in total. The van der Waals surface area contributed by atoms with Crippen LogP contribution < -0.4 is 0 Å². The highest BCUT2D eigenvalue weighted by Gasteiger charge is 1.88. The smallest absolute Gasteiger partial charge is 0.0934 e. The maximum atomic E-state index is 4.85. The van der Waals surface area contributed by atoms with Crippen LogP contribution in [0.25, 0.3) is 0 Å². The Morgan fingerprint density at radius 3 is 3.00 bits per heavy atom. The van der Waals surface area contributed by atoms with Gasteiger partial charge in [0.2, 0.25) is 0 Å². The van der Waals surface area contributed by atoms with Crippen molar-refractivity contribution in [2.75, 3.05) is 5.33 Å². The molecule has 0 radical (unpaired) electrons. The van der Waals surface area contributed by atoms with Crippen molar-refractivity contribution >= 4 is 15.9 Å². The van der Waals surface area contributed by atoms with Gasteiger partial charge in [-0.3, -0.25) is 0 Å². The summed E-state index contributed by atoms with van der Waals surface area (Å²) in [6.45, 7) is 0. The number of furan rings is 1. The molecule has 0 aromatic carbocycles. The predicted molar refractivity (Wildman–Crippen MR) is 36.2 cm³/mol. The van der Waals surface area contributed by atoms with Gasteiger partial charge in [0, 0.05) is 5.33 Å². The Labute approximate surface area is 56.8 Å². The summed E-state index contributed by atoms with van der Waals surface area (Å²) < 4.78 is 4.85. The summed E-state index contributed by atoms with van der Waals surface area (Å²) in [5, 5.41) is 1.01. The normalized spacial score (nSPS) is 9.62. The molecule has 0 atom stereocenters. The summed E-state index contributed by atoms with van der Waals surface area (Å²) in [6, 6.07) is 1.97. The van der Waals surface area contributed by atoms with Crippen LogP contribution in [-0.4, -0.2) is 5.33 Å². The van der Waals surface area contributed by atoms with Crippen LogP contribution in [0.2, 0.25) is 0 Å². The van der Waals surface area contributed by atoms with E-state index in [1.807, 2.05) is 6.07 Å². The number of halogens is 1. The SMILES string of the molecule is BrCCc1ccoc1. The lowest BCUT2D eigenvalue weighted by Gasteiger charge is -1.83. The van der Waals surface area contributed by atoms with E-state index in [1.54, 1.807) is 12.5 Å². The van der Waals surface area contributed by atoms with Gasteiger partial charge in [-0.2, -0.15) is 0 Å². The fourth-order valence-corrected chi connectivity index (χ4v) is 1.00. The first-order valence-corrected chi connectivity index (χ1v) is 3.62. The Morgan fingerprint density at radius 1 is 1.62 bits per heavy atom. The third-order valence-electron chi connectivity index (χ3n) is 0.963. The molecule has 0 N–H and O–H groups in total. The highest BCUT2D eigenvalue weighted by Crippen LogP contribution is 2.01. The van der Waals surface area contributed by atoms with Crippen LogP contribution in [0.4, 0.5) is 0 Å². The molecule has 0 saturated heterocycles. The van der Waals surface area contributed by atoms with E-state index >= 15 is 0 Å². The molecule has 1 heterocycles. The fourth-order valence-electron chi connectivity index (χ4n) is 0.544. The Kier molecular flexibility index (Phi) is 2.15. The van der Waals surface area contributed by atoms with E-state index in [0.29, 0.717) is 0 Å². The summed E-state index contributed by atoms with van der Waals surface area (Å²) in [4.78, 5) is 0. The van der Waals surface area contributed by atoms with Crippen LogP contribution in [0.3, 0.4) is 0 Å². The van der Waals surface area contributed by atoms with Crippen LogP contribution in [0, 0.1) is 0 Å². The molecule has 0 spiro atoms. The van der Waals surface area contributed by atoms with Crippen LogP contribution in [-0.2, 0) is 6.42 Å². The average Bonchev–Trinajstić information content (AvgIpc) is 2.19. The zero-order valence-corrected chi connectivity index (χ0v) is 6.02. The summed E-state index contributed by atoms with van der Waals surface area (Å²) in [5.74, 6) is 0. The van der Waals surface area contributed by atoms with E-state index < -0.39 is 0 Å². The fraction of sp³-hybridized carbons (Fsp3) is 0.333. The first-order chi connectivity index (χ1) is 3.93. The third kappa shape index (κ3) is 1.37. The van der Waals surface area contributed by atoms with Gasteiger partial charge in [-0.25, -0.2) is 0 Å². The van der Waals surface area contributed by atoms with Crippen molar-refractivity contribution in [3.63, 3.8) is 0 Å². The second-order valence-electron chi connectivity index (χ2n) is 1.57. The van der Waals surface area contributed by atoms with Crippen molar-refractivity contribution in [3.8, 4) is 0 Å². The molecule has 8 heavy (non-hydrogen) atoms. The Morgan fingerprint density at radius 2 is 2.50 bits per heavy atom. The molecular weight excluding hydrogens is 168 g/mol. The topological polar surface area (TPSA) is 13.1 Å². The van der Waals surface area contributed by atoms with Crippen LogP contribution in [0.15, 0.2) is 23.0 Å². The van der Waals surface area contributed by atoms with Gasteiger partial charge < -0.3 is 4.42 Å². The van der Waals surface area contributed by atoms with E-state index in [9.17, 15) is 0 Å². The molecule has 1 rings (SSSR count). The molecule has 2 heteroatoms. The predicted octanol–water partition coefficient (Wildman–Crippen LogP) is 2.22. The molecule has 0 aliphatic carbocycles. The maximum absolute atomic E-state index is 4.85. The van der Waals surface area contributed by atoms with Crippen molar-refractivity contribution in [1.82, 2.24) is 0 Å². The summed E-state index contributed by atoms with van der Waals surface area (Å²) in [6.07, 6.45) is 4.51. The minimum atomic E-state index is 1.01. The second kappa shape index (κ2) is 2.92. The number of aryl methyl sites for hydroxylation is 1. The Hall–Kier alpha value is -0.240. The molecule has 0 unspecified atom stereocenters. The lowest BCUT2D eigenvalue weighted by molar-refractivity contribution is 0.564. The van der Waals surface area contributed by atoms with Crippen LogP contribution >= 0.6 is 15.9 Å². The van der Waals surface area contributed by atoms with Gasteiger partial charge in [-0.15, -0.1) is 0 Å². The zero-order valence-electron chi connectivity index (χ0n) is 4.43. The molecule has 0 aliphatic heterocycles. The van der Waals surface area contributed by atoms with Crippen LogP contribution in [0.5, 0.6) is 0 Å². The standard InChI is InChI=1S/C6H7BrO/c7-3-1-6-2-4-8-5-6/h2,4-5H,1,3H2. The molecule has 0 amide bonds. The molecule has 1 aromatic heterocycles. The van der Waals surface area contributed by atoms with Gasteiger partial charge in [-0.05, 0) is 18.1 Å². The van der Waals surface area contributed by atoms with Gasteiger partial charge in [0.25, 0.3) is 0 Å². The Bertz CT molecular complexity index is 134. The second-order valence-corrected chi connectivity index (χ2v) is 2.36. The molecule has 1 aromatic rings. The molecule has 44 valence electrons.